The minimum Gasteiger partial charge on any atom is -0.394 e. The van der Waals surface area contributed by atoms with Crippen LogP contribution < -0.4 is 11.1 Å². The summed E-state index contributed by atoms with van der Waals surface area (Å²) in [5.74, 6) is -0.172. The highest BCUT2D eigenvalue weighted by Gasteiger charge is 2.16. The first-order valence-electron chi connectivity index (χ1n) is 6.96. The summed E-state index contributed by atoms with van der Waals surface area (Å²) in [6, 6.07) is 18.1. The fourth-order valence-corrected chi connectivity index (χ4v) is 2.19. The molecular weight excluding hydrogens is 264 g/mol. The molecule has 0 heterocycles. The molecule has 21 heavy (non-hydrogen) atoms. The molecule has 2 unspecified atom stereocenters. The fourth-order valence-electron chi connectivity index (χ4n) is 2.19. The van der Waals surface area contributed by atoms with Crippen molar-refractivity contribution in [2.45, 2.75) is 18.5 Å². The summed E-state index contributed by atoms with van der Waals surface area (Å²) in [6.07, 6.45) is 0.188. The molecule has 4 heteroatoms. The summed E-state index contributed by atoms with van der Waals surface area (Å²) >= 11 is 0. The van der Waals surface area contributed by atoms with Crippen molar-refractivity contribution in [1.82, 2.24) is 5.32 Å². The van der Waals surface area contributed by atoms with E-state index in [-0.39, 0.29) is 25.0 Å². The van der Waals surface area contributed by atoms with Gasteiger partial charge in [0, 0.05) is 12.5 Å². The fraction of sp³-hybridized carbons (Fsp3) is 0.235. The molecule has 2 rings (SSSR count). The number of carbonyl (C=O) groups excluding carboxylic acids is 1. The van der Waals surface area contributed by atoms with Gasteiger partial charge in [0.1, 0.15) is 0 Å². The van der Waals surface area contributed by atoms with E-state index in [1.54, 1.807) is 0 Å². The van der Waals surface area contributed by atoms with Gasteiger partial charge in [-0.25, -0.2) is 0 Å². The van der Waals surface area contributed by atoms with Crippen LogP contribution in [-0.4, -0.2) is 17.6 Å². The van der Waals surface area contributed by atoms with Crippen molar-refractivity contribution in [2.24, 2.45) is 5.73 Å². The summed E-state index contributed by atoms with van der Waals surface area (Å²) in [6.45, 7) is -0.143. The Morgan fingerprint density at radius 2 is 1.52 bits per heavy atom. The maximum atomic E-state index is 12.1. The molecule has 110 valence electrons. The molecule has 0 radical (unpaired) electrons. The lowest BCUT2D eigenvalue weighted by Crippen LogP contribution is -2.32. The second kappa shape index (κ2) is 7.57. The zero-order valence-corrected chi connectivity index (χ0v) is 11.8. The van der Waals surface area contributed by atoms with Gasteiger partial charge in [-0.3, -0.25) is 4.79 Å². The van der Waals surface area contributed by atoms with Crippen molar-refractivity contribution < 1.29 is 9.90 Å². The number of benzene rings is 2. The lowest BCUT2D eigenvalue weighted by molar-refractivity contribution is -0.122. The van der Waals surface area contributed by atoms with Crippen LogP contribution in [0.4, 0.5) is 0 Å². The van der Waals surface area contributed by atoms with Gasteiger partial charge in [0.25, 0.3) is 0 Å². The molecule has 0 spiro atoms. The summed E-state index contributed by atoms with van der Waals surface area (Å²) in [5.41, 5.74) is 7.83. The number of hydrogen-bond donors (Lipinski definition) is 3. The van der Waals surface area contributed by atoms with Gasteiger partial charge in [-0.2, -0.15) is 0 Å². The number of nitrogens with two attached hydrogens (primary N) is 1. The van der Waals surface area contributed by atoms with E-state index in [0.717, 1.165) is 11.1 Å². The molecule has 0 aliphatic carbocycles. The van der Waals surface area contributed by atoms with E-state index in [2.05, 4.69) is 5.32 Å². The van der Waals surface area contributed by atoms with Gasteiger partial charge >= 0.3 is 0 Å². The number of aliphatic hydroxyl groups is 1. The number of amides is 1. The summed E-state index contributed by atoms with van der Waals surface area (Å²) in [4.78, 5) is 12.1. The smallest absolute Gasteiger partial charge is 0.222 e. The molecule has 0 aliphatic heterocycles. The van der Waals surface area contributed by atoms with E-state index in [4.69, 9.17) is 5.73 Å². The number of rotatable bonds is 6. The van der Waals surface area contributed by atoms with E-state index < -0.39 is 6.04 Å². The zero-order chi connectivity index (χ0) is 15.1. The standard InChI is InChI=1S/C17H20N2O2/c18-15(13-7-3-1-4-8-13)11-17(21)19-16(12-20)14-9-5-2-6-10-14/h1-10,15-16,20H,11-12,18H2,(H,19,21). The number of hydrogen-bond acceptors (Lipinski definition) is 3. The maximum Gasteiger partial charge on any atom is 0.222 e. The molecule has 0 fully saturated rings. The first kappa shape index (κ1) is 15.2. The van der Waals surface area contributed by atoms with Crippen molar-refractivity contribution in [1.29, 1.82) is 0 Å². The van der Waals surface area contributed by atoms with Crippen LogP contribution >= 0.6 is 0 Å². The molecule has 4 nitrogen and oxygen atoms in total. The topological polar surface area (TPSA) is 75.4 Å². The Bertz CT molecular complexity index is 558. The number of aliphatic hydroxyl groups excluding tert-OH is 1. The molecule has 1 amide bonds. The lowest BCUT2D eigenvalue weighted by Gasteiger charge is -2.18. The Kier molecular flexibility index (Phi) is 5.49. The molecule has 0 aromatic heterocycles. The molecule has 0 aliphatic rings. The monoisotopic (exact) mass is 284 g/mol. The van der Waals surface area contributed by atoms with Gasteiger partial charge < -0.3 is 16.2 Å². The van der Waals surface area contributed by atoms with Crippen LogP contribution in [0.2, 0.25) is 0 Å². The average Bonchev–Trinajstić information content (AvgIpc) is 2.54. The summed E-state index contributed by atoms with van der Waals surface area (Å²) < 4.78 is 0. The van der Waals surface area contributed by atoms with E-state index >= 15 is 0 Å². The van der Waals surface area contributed by atoms with Crippen molar-refractivity contribution in [3.63, 3.8) is 0 Å². The lowest BCUT2D eigenvalue weighted by atomic mass is 10.0. The molecule has 2 aromatic rings. The second-order valence-electron chi connectivity index (χ2n) is 4.93. The van der Waals surface area contributed by atoms with Crippen LogP contribution in [0.1, 0.15) is 29.6 Å². The van der Waals surface area contributed by atoms with Crippen molar-refractivity contribution in [2.75, 3.05) is 6.61 Å². The Labute approximate surface area is 124 Å². The quantitative estimate of drug-likeness (QED) is 0.758. The molecule has 4 N–H and O–H groups in total. The van der Waals surface area contributed by atoms with Crippen LogP contribution in [0.3, 0.4) is 0 Å². The molecule has 0 saturated heterocycles. The normalized spacial score (nSPS) is 13.4. The molecular formula is C17H20N2O2. The molecule has 0 bridgehead atoms. The predicted molar refractivity (Wildman–Crippen MR) is 82.4 cm³/mol. The van der Waals surface area contributed by atoms with Gasteiger partial charge in [-0.1, -0.05) is 60.7 Å². The van der Waals surface area contributed by atoms with Gasteiger partial charge in [0.2, 0.25) is 5.91 Å². The van der Waals surface area contributed by atoms with Crippen LogP contribution in [-0.2, 0) is 4.79 Å². The Balaban J connectivity index is 1.94. The third-order valence-electron chi connectivity index (χ3n) is 3.35. The maximum absolute atomic E-state index is 12.1. The van der Waals surface area contributed by atoms with Crippen molar-refractivity contribution in [3.05, 3.63) is 71.8 Å². The van der Waals surface area contributed by atoms with E-state index in [1.807, 2.05) is 60.7 Å². The number of nitrogens with one attached hydrogen (secondary N) is 1. The third kappa shape index (κ3) is 4.41. The predicted octanol–water partition coefficient (Wildman–Crippen LogP) is 1.93. The zero-order valence-electron chi connectivity index (χ0n) is 11.8. The summed E-state index contributed by atoms with van der Waals surface area (Å²) in [7, 11) is 0. The van der Waals surface area contributed by atoms with Gasteiger partial charge in [0.15, 0.2) is 0 Å². The van der Waals surface area contributed by atoms with Gasteiger partial charge in [0.05, 0.1) is 12.6 Å². The van der Waals surface area contributed by atoms with E-state index in [9.17, 15) is 9.90 Å². The van der Waals surface area contributed by atoms with Crippen molar-refractivity contribution in [3.8, 4) is 0 Å². The van der Waals surface area contributed by atoms with Crippen LogP contribution in [0.15, 0.2) is 60.7 Å². The van der Waals surface area contributed by atoms with E-state index in [0.29, 0.717) is 0 Å². The van der Waals surface area contributed by atoms with Crippen LogP contribution in [0, 0.1) is 0 Å². The Morgan fingerprint density at radius 1 is 1.00 bits per heavy atom. The third-order valence-corrected chi connectivity index (χ3v) is 3.35. The van der Waals surface area contributed by atoms with Crippen LogP contribution in [0.5, 0.6) is 0 Å². The Morgan fingerprint density at radius 3 is 2.05 bits per heavy atom. The average molecular weight is 284 g/mol. The van der Waals surface area contributed by atoms with E-state index in [1.165, 1.54) is 0 Å². The van der Waals surface area contributed by atoms with Gasteiger partial charge in [-0.15, -0.1) is 0 Å². The highest BCUT2D eigenvalue weighted by Crippen LogP contribution is 2.15. The Hall–Kier alpha value is -2.17. The number of carbonyl (C=O) groups is 1. The van der Waals surface area contributed by atoms with Crippen molar-refractivity contribution >= 4 is 5.91 Å². The SMILES string of the molecule is NC(CC(=O)NC(CO)c1ccccc1)c1ccccc1. The minimum absolute atomic E-state index is 0.143. The molecule has 2 atom stereocenters. The largest absolute Gasteiger partial charge is 0.394 e. The van der Waals surface area contributed by atoms with Crippen LogP contribution in [0.25, 0.3) is 0 Å². The first-order valence-corrected chi connectivity index (χ1v) is 6.96. The molecule has 0 saturated carbocycles. The first-order chi connectivity index (χ1) is 10.2. The molecule has 2 aromatic carbocycles. The highest BCUT2D eigenvalue weighted by molar-refractivity contribution is 5.77. The summed E-state index contributed by atoms with van der Waals surface area (Å²) in [5, 5.41) is 12.2. The second-order valence-corrected chi connectivity index (χ2v) is 4.93. The van der Waals surface area contributed by atoms with Gasteiger partial charge in [-0.05, 0) is 11.1 Å². The highest BCUT2D eigenvalue weighted by atomic mass is 16.3. The minimum atomic E-state index is -0.401.